The van der Waals surface area contributed by atoms with Crippen LogP contribution in [0.4, 0.5) is 0 Å². The number of H-pyrrole nitrogens is 1. The number of carbonyl (C=O) groups is 1. The van der Waals surface area contributed by atoms with Gasteiger partial charge in [0.05, 0.1) is 0 Å². The standard InChI is InChI=1S/C13H10N2O3/c1-7-6-14-10-3-2-8(4-9(7)10)11-5-12(13(16)17)18-15-11/h2-6,14H,1H3,(H,16,17). The Kier molecular flexibility index (Phi) is 2.19. The molecule has 0 spiro atoms. The SMILES string of the molecule is Cc1c[nH]c2ccc(-c3cc(C(=O)O)on3)cc12. The van der Waals surface area contributed by atoms with Crippen LogP contribution in [0.25, 0.3) is 22.2 Å². The fourth-order valence-corrected chi connectivity index (χ4v) is 1.93. The van der Waals surface area contributed by atoms with E-state index in [1.165, 1.54) is 6.07 Å². The summed E-state index contributed by atoms with van der Waals surface area (Å²) in [6.07, 6.45) is 1.93. The van der Waals surface area contributed by atoms with Gasteiger partial charge < -0.3 is 14.6 Å². The lowest BCUT2D eigenvalue weighted by Crippen LogP contribution is -1.91. The Morgan fingerprint density at radius 3 is 2.94 bits per heavy atom. The maximum atomic E-state index is 10.7. The van der Waals surface area contributed by atoms with Crippen molar-refractivity contribution in [3.05, 3.63) is 41.8 Å². The van der Waals surface area contributed by atoms with Gasteiger partial charge in [-0.05, 0) is 24.6 Å². The van der Waals surface area contributed by atoms with E-state index in [0.29, 0.717) is 5.69 Å². The normalized spacial score (nSPS) is 10.9. The van der Waals surface area contributed by atoms with Crippen LogP contribution in [0, 0.1) is 6.92 Å². The van der Waals surface area contributed by atoms with Crippen LogP contribution in [0.15, 0.2) is 35.0 Å². The van der Waals surface area contributed by atoms with Crippen molar-refractivity contribution in [2.45, 2.75) is 6.92 Å². The van der Waals surface area contributed by atoms with Crippen LogP contribution in [-0.2, 0) is 0 Å². The van der Waals surface area contributed by atoms with E-state index in [2.05, 4.69) is 10.1 Å². The largest absolute Gasteiger partial charge is 0.475 e. The molecule has 0 saturated heterocycles. The minimum atomic E-state index is -1.12. The second-order valence-electron chi connectivity index (χ2n) is 4.11. The highest BCUT2D eigenvalue weighted by atomic mass is 16.5. The minimum absolute atomic E-state index is 0.157. The Hall–Kier alpha value is -2.56. The second-order valence-corrected chi connectivity index (χ2v) is 4.11. The maximum absolute atomic E-state index is 10.7. The number of aromatic carboxylic acids is 1. The molecule has 2 N–H and O–H groups in total. The summed E-state index contributed by atoms with van der Waals surface area (Å²) in [6, 6.07) is 7.20. The van der Waals surface area contributed by atoms with E-state index in [-0.39, 0.29) is 5.76 Å². The molecular formula is C13H10N2O3. The molecular weight excluding hydrogens is 232 g/mol. The molecule has 2 aromatic heterocycles. The van der Waals surface area contributed by atoms with Gasteiger partial charge in [-0.1, -0.05) is 11.2 Å². The monoisotopic (exact) mass is 242 g/mol. The Morgan fingerprint density at radius 1 is 1.39 bits per heavy atom. The van der Waals surface area contributed by atoms with E-state index in [0.717, 1.165) is 22.0 Å². The molecule has 1 aromatic carbocycles. The summed E-state index contributed by atoms with van der Waals surface area (Å²) in [5.41, 5.74) is 3.53. The van der Waals surface area contributed by atoms with E-state index in [9.17, 15) is 4.79 Å². The molecule has 5 heteroatoms. The number of benzene rings is 1. The summed E-state index contributed by atoms with van der Waals surface area (Å²) in [5.74, 6) is -1.27. The van der Waals surface area contributed by atoms with E-state index in [4.69, 9.17) is 9.63 Å². The molecule has 0 saturated carbocycles. The van der Waals surface area contributed by atoms with Crippen molar-refractivity contribution >= 4 is 16.9 Å². The van der Waals surface area contributed by atoms with Crippen molar-refractivity contribution in [3.8, 4) is 11.3 Å². The zero-order chi connectivity index (χ0) is 12.7. The number of rotatable bonds is 2. The van der Waals surface area contributed by atoms with Gasteiger partial charge in [0, 0.05) is 28.7 Å². The average molecular weight is 242 g/mol. The molecule has 0 fully saturated rings. The quantitative estimate of drug-likeness (QED) is 0.724. The van der Waals surface area contributed by atoms with E-state index in [1.54, 1.807) is 0 Å². The summed E-state index contributed by atoms with van der Waals surface area (Å²) in [5, 5.41) is 13.6. The summed E-state index contributed by atoms with van der Waals surface area (Å²) in [4.78, 5) is 13.9. The molecule has 3 aromatic rings. The Balaban J connectivity index is 2.12. The summed E-state index contributed by atoms with van der Waals surface area (Å²) < 4.78 is 4.75. The van der Waals surface area contributed by atoms with Crippen molar-refractivity contribution in [1.29, 1.82) is 0 Å². The van der Waals surface area contributed by atoms with Crippen LogP contribution in [-0.4, -0.2) is 21.2 Å². The average Bonchev–Trinajstić information content (AvgIpc) is 2.96. The molecule has 90 valence electrons. The number of aromatic amines is 1. The van der Waals surface area contributed by atoms with Crippen molar-refractivity contribution in [2.24, 2.45) is 0 Å². The van der Waals surface area contributed by atoms with Crippen molar-refractivity contribution in [1.82, 2.24) is 10.1 Å². The van der Waals surface area contributed by atoms with Gasteiger partial charge in [0.1, 0.15) is 5.69 Å². The third kappa shape index (κ3) is 1.57. The lowest BCUT2D eigenvalue weighted by Gasteiger charge is -1.96. The molecule has 5 nitrogen and oxygen atoms in total. The van der Waals surface area contributed by atoms with E-state index in [1.807, 2.05) is 31.3 Å². The zero-order valence-electron chi connectivity index (χ0n) is 9.60. The lowest BCUT2D eigenvalue weighted by molar-refractivity contribution is 0.0652. The highest BCUT2D eigenvalue weighted by molar-refractivity contribution is 5.89. The van der Waals surface area contributed by atoms with Crippen LogP contribution in [0.2, 0.25) is 0 Å². The molecule has 0 atom stereocenters. The van der Waals surface area contributed by atoms with Crippen LogP contribution in [0.1, 0.15) is 16.1 Å². The number of nitrogens with zero attached hydrogens (tertiary/aromatic N) is 1. The molecule has 18 heavy (non-hydrogen) atoms. The highest BCUT2D eigenvalue weighted by Gasteiger charge is 2.13. The van der Waals surface area contributed by atoms with E-state index >= 15 is 0 Å². The third-order valence-corrected chi connectivity index (χ3v) is 2.91. The molecule has 0 aliphatic heterocycles. The number of hydrogen-bond donors (Lipinski definition) is 2. The number of carboxylic acid groups (broad SMARTS) is 1. The zero-order valence-corrected chi connectivity index (χ0v) is 9.60. The third-order valence-electron chi connectivity index (χ3n) is 2.91. The summed E-state index contributed by atoms with van der Waals surface area (Å²) in [6.45, 7) is 2.01. The van der Waals surface area contributed by atoms with Gasteiger partial charge in [0.25, 0.3) is 0 Å². The Labute approximate surface area is 102 Å². The first-order valence-corrected chi connectivity index (χ1v) is 5.43. The Bertz CT molecular complexity index is 740. The number of fused-ring (bicyclic) bond motifs is 1. The number of aryl methyl sites for hydroxylation is 1. The van der Waals surface area contributed by atoms with Gasteiger partial charge in [-0.15, -0.1) is 0 Å². The van der Waals surface area contributed by atoms with Gasteiger partial charge in [-0.25, -0.2) is 4.79 Å². The van der Waals surface area contributed by atoms with Crippen LogP contribution < -0.4 is 0 Å². The summed E-state index contributed by atoms with van der Waals surface area (Å²) in [7, 11) is 0. The first-order valence-electron chi connectivity index (χ1n) is 5.43. The van der Waals surface area contributed by atoms with Crippen LogP contribution >= 0.6 is 0 Å². The molecule has 0 amide bonds. The molecule has 3 rings (SSSR count). The van der Waals surface area contributed by atoms with Gasteiger partial charge in [-0.2, -0.15) is 0 Å². The van der Waals surface area contributed by atoms with Crippen molar-refractivity contribution in [2.75, 3.05) is 0 Å². The molecule has 0 aliphatic carbocycles. The second kappa shape index (κ2) is 3.73. The van der Waals surface area contributed by atoms with Gasteiger partial charge >= 0.3 is 5.97 Å². The lowest BCUT2D eigenvalue weighted by atomic mass is 10.1. The number of nitrogens with one attached hydrogen (secondary N) is 1. The molecule has 2 heterocycles. The maximum Gasteiger partial charge on any atom is 0.374 e. The first-order chi connectivity index (χ1) is 8.65. The topological polar surface area (TPSA) is 79.1 Å². The number of aromatic nitrogens is 2. The fraction of sp³-hybridized carbons (Fsp3) is 0.0769. The highest BCUT2D eigenvalue weighted by Crippen LogP contribution is 2.25. The predicted molar refractivity (Wildman–Crippen MR) is 65.5 cm³/mol. The van der Waals surface area contributed by atoms with Crippen LogP contribution in [0.5, 0.6) is 0 Å². The fourth-order valence-electron chi connectivity index (χ4n) is 1.93. The van der Waals surface area contributed by atoms with Gasteiger partial charge in [0.2, 0.25) is 5.76 Å². The number of carboxylic acids is 1. The summed E-state index contributed by atoms with van der Waals surface area (Å²) >= 11 is 0. The van der Waals surface area contributed by atoms with Crippen molar-refractivity contribution < 1.29 is 14.4 Å². The number of hydrogen-bond acceptors (Lipinski definition) is 3. The predicted octanol–water partition coefficient (Wildman–Crippen LogP) is 2.83. The smallest absolute Gasteiger partial charge is 0.374 e. The molecule has 0 bridgehead atoms. The molecule has 0 aliphatic rings. The van der Waals surface area contributed by atoms with Gasteiger partial charge in [0.15, 0.2) is 0 Å². The molecule has 0 radical (unpaired) electrons. The minimum Gasteiger partial charge on any atom is -0.475 e. The van der Waals surface area contributed by atoms with Crippen molar-refractivity contribution in [3.63, 3.8) is 0 Å². The Morgan fingerprint density at radius 2 is 2.22 bits per heavy atom. The van der Waals surface area contributed by atoms with Gasteiger partial charge in [-0.3, -0.25) is 0 Å². The van der Waals surface area contributed by atoms with E-state index < -0.39 is 5.97 Å². The first kappa shape index (κ1) is 10.6. The van der Waals surface area contributed by atoms with Crippen LogP contribution in [0.3, 0.4) is 0 Å². The molecule has 0 unspecified atom stereocenters.